The van der Waals surface area contributed by atoms with Crippen LogP contribution >= 0.6 is 11.3 Å². The number of nitrogens with two attached hydrogens (primary N) is 1. The first-order chi connectivity index (χ1) is 8.55. The van der Waals surface area contributed by atoms with Crippen molar-refractivity contribution in [2.75, 3.05) is 37.6 Å². The van der Waals surface area contributed by atoms with Crippen LogP contribution in [0.15, 0.2) is 11.6 Å². The Morgan fingerprint density at radius 3 is 2.61 bits per heavy atom. The highest BCUT2D eigenvalue weighted by Gasteiger charge is 2.31. The van der Waals surface area contributed by atoms with Gasteiger partial charge in [0.25, 0.3) is 0 Å². The largest absolute Gasteiger partial charge is 0.345 e. The van der Waals surface area contributed by atoms with E-state index in [2.05, 4.69) is 9.88 Å². The van der Waals surface area contributed by atoms with E-state index in [1.807, 2.05) is 5.38 Å². The number of anilines is 1. The molecule has 1 aliphatic rings. The highest BCUT2D eigenvalue weighted by Crippen LogP contribution is 2.20. The van der Waals surface area contributed by atoms with Gasteiger partial charge in [-0.2, -0.15) is 4.31 Å². The maximum absolute atomic E-state index is 12.1. The van der Waals surface area contributed by atoms with E-state index in [-0.39, 0.29) is 6.54 Å². The van der Waals surface area contributed by atoms with Gasteiger partial charge in [0.05, 0.1) is 5.25 Å². The van der Waals surface area contributed by atoms with Gasteiger partial charge in [-0.25, -0.2) is 13.4 Å². The van der Waals surface area contributed by atoms with E-state index in [4.69, 9.17) is 5.73 Å². The first-order valence-electron chi connectivity index (χ1n) is 5.89. The van der Waals surface area contributed by atoms with Crippen LogP contribution in [0.5, 0.6) is 0 Å². The van der Waals surface area contributed by atoms with Gasteiger partial charge in [0.2, 0.25) is 10.0 Å². The second-order valence-corrected chi connectivity index (χ2v) is 7.52. The molecule has 1 aromatic heterocycles. The standard InChI is InChI=1S/C10H18N4O2S2/c1-9(8-11)18(15,16)14-5-3-13(4-6-14)10-12-2-7-17-10/h2,7,9H,3-6,8,11H2,1H3. The zero-order valence-corrected chi connectivity index (χ0v) is 12.0. The van der Waals surface area contributed by atoms with Gasteiger partial charge in [-0.3, -0.25) is 0 Å². The quantitative estimate of drug-likeness (QED) is 0.840. The van der Waals surface area contributed by atoms with Crippen LogP contribution in [-0.4, -0.2) is 55.7 Å². The fourth-order valence-corrected chi connectivity index (χ4v) is 4.00. The fourth-order valence-electron chi connectivity index (χ4n) is 1.88. The summed E-state index contributed by atoms with van der Waals surface area (Å²) in [6, 6.07) is 0. The molecular weight excluding hydrogens is 272 g/mol. The van der Waals surface area contributed by atoms with Crippen LogP contribution in [0, 0.1) is 0 Å². The molecule has 0 saturated carbocycles. The van der Waals surface area contributed by atoms with Crippen molar-refractivity contribution >= 4 is 26.5 Å². The molecule has 1 aromatic rings. The number of piperazine rings is 1. The number of sulfonamides is 1. The Hall–Kier alpha value is -0.700. The zero-order valence-electron chi connectivity index (χ0n) is 10.3. The summed E-state index contributed by atoms with van der Waals surface area (Å²) in [4.78, 5) is 6.35. The molecule has 1 saturated heterocycles. The number of rotatable bonds is 4. The van der Waals surface area contributed by atoms with Crippen molar-refractivity contribution in [3.63, 3.8) is 0 Å². The third-order valence-corrected chi connectivity index (χ3v) is 6.26. The molecule has 2 rings (SSSR count). The lowest BCUT2D eigenvalue weighted by atomic mass is 10.4. The molecule has 2 heterocycles. The molecule has 0 amide bonds. The Morgan fingerprint density at radius 1 is 1.44 bits per heavy atom. The van der Waals surface area contributed by atoms with E-state index in [0.29, 0.717) is 26.2 Å². The summed E-state index contributed by atoms with van der Waals surface area (Å²) in [6.45, 7) is 4.20. The van der Waals surface area contributed by atoms with Crippen molar-refractivity contribution in [3.8, 4) is 0 Å². The molecule has 8 heteroatoms. The molecule has 0 aromatic carbocycles. The Balaban J connectivity index is 1.99. The number of hydrogen-bond donors (Lipinski definition) is 1. The van der Waals surface area contributed by atoms with E-state index < -0.39 is 15.3 Å². The average molecular weight is 290 g/mol. The monoisotopic (exact) mass is 290 g/mol. The second-order valence-electron chi connectivity index (χ2n) is 4.29. The highest BCUT2D eigenvalue weighted by molar-refractivity contribution is 7.89. The maximum atomic E-state index is 12.1. The van der Waals surface area contributed by atoms with Gasteiger partial charge in [-0.05, 0) is 6.92 Å². The van der Waals surface area contributed by atoms with Crippen LogP contribution in [-0.2, 0) is 10.0 Å². The lowest BCUT2D eigenvalue weighted by Crippen LogP contribution is -2.51. The molecule has 0 spiro atoms. The van der Waals surface area contributed by atoms with Gasteiger partial charge in [0.1, 0.15) is 0 Å². The summed E-state index contributed by atoms with van der Waals surface area (Å²) in [5.41, 5.74) is 5.44. The molecule has 2 N–H and O–H groups in total. The number of thiazole rings is 1. The first kappa shape index (κ1) is 13.7. The van der Waals surface area contributed by atoms with E-state index >= 15 is 0 Å². The van der Waals surface area contributed by atoms with Crippen LogP contribution in [0.1, 0.15) is 6.92 Å². The first-order valence-corrected chi connectivity index (χ1v) is 8.27. The normalized spacial score (nSPS) is 20.0. The smallest absolute Gasteiger partial charge is 0.218 e. The Bertz CT molecular complexity index is 466. The number of aromatic nitrogens is 1. The van der Waals surface area contributed by atoms with Crippen molar-refractivity contribution < 1.29 is 8.42 Å². The molecule has 0 aliphatic carbocycles. The summed E-state index contributed by atoms with van der Waals surface area (Å²) in [5.74, 6) is 0. The van der Waals surface area contributed by atoms with Crippen LogP contribution in [0.4, 0.5) is 5.13 Å². The predicted molar refractivity (Wildman–Crippen MR) is 73.3 cm³/mol. The molecule has 1 atom stereocenters. The van der Waals surface area contributed by atoms with Crippen LogP contribution in [0.25, 0.3) is 0 Å². The summed E-state index contributed by atoms with van der Waals surface area (Å²) in [6.07, 6.45) is 1.76. The number of nitrogens with zero attached hydrogens (tertiary/aromatic N) is 3. The fraction of sp³-hybridized carbons (Fsp3) is 0.700. The van der Waals surface area contributed by atoms with Crippen molar-refractivity contribution in [3.05, 3.63) is 11.6 Å². The summed E-state index contributed by atoms with van der Waals surface area (Å²) >= 11 is 1.58. The van der Waals surface area contributed by atoms with Crippen LogP contribution in [0.2, 0.25) is 0 Å². The van der Waals surface area contributed by atoms with E-state index in [1.54, 1.807) is 24.5 Å². The molecule has 1 aliphatic heterocycles. The molecule has 1 unspecified atom stereocenters. The molecule has 0 bridgehead atoms. The summed E-state index contributed by atoms with van der Waals surface area (Å²) in [7, 11) is -3.24. The third-order valence-electron chi connectivity index (χ3n) is 3.13. The van der Waals surface area contributed by atoms with Crippen molar-refractivity contribution in [2.45, 2.75) is 12.2 Å². The van der Waals surface area contributed by atoms with Gasteiger partial charge >= 0.3 is 0 Å². The van der Waals surface area contributed by atoms with Crippen molar-refractivity contribution in [1.29, 1.82) is 0 Å². The molecule has 6 nitrogen and oxygen atoms in total. The van der Waals surface area contributed by atoms with Gasteiger partial charge in [-0.1, -0.05) is 0 Å². The minimum absolute atomic E-state index is 0.162. The lowest BCUT2D eigenvalue weighted by Gasteiger charge is -2.35. The molecule has 18 heavy (non-hydrogen) atoms. The molecule has 0 radical (unpaired) electrons. The molecular formula is C10H18N4O2S2. The highest BCUT2D eigenvalue weighted by atomic mass is 32.2. The Kier molecular flexibility index (Phi) is 4.21. The van der Waals surface area contributed by atoms with E-state index in [1.165, 1.54) is 4.31 Å². The van der Waals surface area contributed by atoms with E-state index in [0.717, 1.165) is 5.13 Å². The number of hydrogen-bond acceptors (Lipinski definition) is 6. The third kappa shape index (κ3) is 2.66. The van der Waals surface area contributed by atoms with Crippen molar-refractivity contribution in [1.82, 2.24) is 9.29 Å². The maximum Gasteiger partial charge on any atom is 0.218 e. The van der Waals surface area contributed by atoms with Crippen LogP contribution in [0.3, 0.4) is 0 Å². The van der Waals surface area contributed by atoms with Gasteiger partial charge in [-0.15, -0.1) is 11.3 Å². The predicted octanol–water partition coefficient (Wildman–Crippen LogP) is -0.0579. The van der Waals surface area contributed by atoms with Gasteiger partial charge in [0, 0.05) is 44.3 Å². The van der Waals surface area contributed by atoms with Gasteiger partial charge < -0.3 is 10.6 Å². The van der Waals surface area contributed by atoms with Gasteiger partial charge in [0.15, 0.2) is 5.13 Å². The zero-order chi connectivity index (χ0) is 13.2. The minimum atomic E-state index is -3.24. The lowest BCUT2D eigenvalue weighted by molar-refractivity contribution is 0.380. The SMILES string of the molecule is CC(CN)S(=O)(=O)N1CCN(c2nccs2)CC1. The van der Waals surface area contributed by atoms with Crippen LogP contribution < -0.4 is 10.6 Å². The average Bonchev–Trinajstić information content (AvgIpc) is 2.91. The molecule has 102 valence electrons. The second kappa shape index (κ2) is 5.52. The Morgan fingerprint density at radius 2 is 2.11 bits per heavy atom. The summed E-state index contributed by atoms with van der Waals surface area (Å²) in [5, 5.41) is 2.37. The van der Waals surface area contributed by atoms with Crippen molar-refractivity contribution in [2.24, 2.45) is 5.73 Å². The van der Waals surface area contributed by atoms with E-state index in [9.17, 15) is 8.42 Å². The topological polar surface area (TPSA) is 79.5 Å². The molecule has 1 fully saturated rings. The Labute approximate surface area is 111 Å². The minimum Gasteiger partial charge on any atom is -0.345 e. The summed E-state index contributed by atoms with van der Waals surface area (Å²) < 4.78 is 25.8.